The van der Waals surface area contributed by atoms with Gasteiger partial charge in [-0.15, -0.1) is 0 Å². The Morgan fingerprint density at radius 2 is 2.08 bits per heavy atom. The van der Waals surface area contributed by atoms with Crippen molar-refractivity contribution < 1.29 is 4.42 Å². The SMILES string of the molecule is Clc1nc(-c2ccccc2Br)co1. The Morgan fingerprint density at radius 1 is 1.31 bits per heavy atom. The molecule has 0 N–H and O–H groups in total. The van der Waals surface area contributed by atoms with Crippen LogP contribution in [0, 0.1) is 0 Å². The van der Waals surface area contributed by atoms with E-state index in [1.54, 1.807) is 0 Å². The van der Waals surface area contributed by atoms with Crippen molar-refractivity contribution in [3.05, 3.63) is 40.4 Å². The van der Waals surface area contributed by atoms with Gasteiger partial charge in [-0.05, 0) is 17.7 Å². The van der Waals surface area contributed by atoms with Crippen LogP contribution in [0.15, 0.2) is 39.4 Å². The molecule has 1 aromatic heterocycles. The van der Waals surface area contributed by atoms with Crippen LogP contribution in [0.5, 0.6) is 0 Å². The molecule has 0 amide bonds. The van der Waals surface area contributed by atoms with Crippen LogP contribution >= 0.6 is 27.5 Å². The molecule has 0 aliphatic heterocycles. The maximum atomic E-state index is 5.57. The minimum absolute atomic E-state index is 0.158. The van der Waals surface area contributed by atoms with Crippen LogP contribution in [0.2, 0.25) is 5.35 Å². The number of nitrogens with zero attached hydrogens (tertiary/aromatic N) is 1. The number of hydrogen-bond donors (Lipinski definition) is 0. The van der Waals surface area contributed by atoms with Crippen LogP contribution in [0.25, 0.3) is 11.3 Å². The molecule has 0 radical (unpaired) electrons. The Bertz CT molecular complexity index is 427. The molecule has 0 spiro atoms. The molecule has 1 aromatic carbocycles. The number of hydrogen-bond acceptors (Lipinski definition) is 2. The number of oxazole rings is 1. The van der Waals surface area contributed by atoms with Gasteiger partial charge in [-0.25, -0.2) is 0 Å². The zero-order valence-corrected chi connectivity index (χ0v) is 8.84. The maximum absolute atomic E-state index is 5.57. The fourth-order valence-electron chi connectivity index (χ4n) is 1.04. The van der Waals surface area contributed by atoms with E-state index in [1.165, 1.54) is 6.26 Å². The largest absolute Gasteiger partial charge is 0.436 e. The second-order valence-corrected chi connectivity index (χ2v) is 3.64. The Kier molecular flexibility index (Phi) is 2.38. The van der Waals surface area contributed by atoms with Crippen LogP contribution in [-0.4, -0.2) is 4.98 Å². The fourth-order valence-corrected chi connectivity index (χ4v) is 1.67. The van der Waals surface area contributed by atoms with Gasteiger partial charge in [0.1, 0.15) is 12.0 Å². The van der Waals surface area contributed by atoms with Crippen LogP contribution < -0.4 is 0 Å². The summed E-state index contributed by atoms with van der Waals surface area (Å²) in [6.45, 7) is 0. The first-order chi connectivity index (χ1) is 6.27. The maximum Gasteiger partial charge on any atom is 0.292 e. The Hall–Kier alpha value is -0.800. The molecule has 0 bridgehead atoms. The summed E-state index contributed by atoms with van der Waals surface area (Å²) in [6.07, 6.45) is 1.53. The number of aromatic nitrogens is 1. The Morgan fingerprint density at radius 3 is 2.69 bits per heavy atom. The number of halogens is 2. The highest BCUT2D eigenvalue weighted by molar-refractivity contribution is 9.10. The van der Waals surface area contributed by atoms with E-state index in [1.807, 2.05) is 24.3 Å². The van der Waals surface area contributed by atoms with Crippen LogP contribution in [0.1, 0.15) is 0 Å². The summed E-state index contributed by atoms with van der Waals surface area (Å²) in [6, 6.07) is 7.76. The lowest BCUT2D eigenvalue weighted by molar-refractivity contribution is 0.560. The predicted molar refractivity (Wildman–Crippen MR) is 54.6 cm³/mol. The van der Waals surface area contributed by atoms with Crippen molar-refractivity contribution in [1.29, 1.82) is 0 Å². The average Bonchev–Trinajstić information content (AvgIpc) is 2.53. The van der Waals surface area contributed by atoms with Crippen molar-refractivity contribution in [1.82, 2.24) is 4.98 Å². The molecular formula is C9H5BrClNO. The van der Waals surface area contributed by atoms with Gasteiger partial charge in [-0.2, -0.15) is 4.98 Å². The van der Waals surface area contributed by atoms with Crippen LogP contribution in [-0.2, 0) is 0 Å². The van der Waals surface area contributed by atoms with Gasteiger partial charge in [0.2, 0.25) is 0 Å². The third-order valence-corrected chi connectivity index (χ3v) is 2.49. The van der Waals surface area contributed by atoms with Gasteiger partial charge in [0.15, 0.2) is 0 Å². The molecule has 1 heterocycles. The molecule has 0 aliphatic rings. The fraction of sp³-hybridized carbons (Fsp3) is 0. The Labute approximate surface area is 88.7 Å². The molecular weight excluding hydrogens is 253 g/mol. The van der Waals surface area contributed by atoms with E-state index in [9.17, 15) is 0 Å². The summed E-state index contributed by atoms with van der Waals surface area (Å²) >= 11 is 8.99. The average molecular weight is 259 g/mol. The molecule has 2 rings (SSSR count). The summed E-state index contributed by atoms with van der Waals surface area (Å²) in [5, 5.41) is 0.158. The van der Waals surface area contributed by atoms with Crippen molar-refractivity contribution in [3.63, 3.8) is 0 Å². The van der Waals surface area contributed by atoms with Gasteiger partial charge in [-0.3, -0.25) is 0 Å². The molecule has 0 unspecified atom stereocenters. The lowest BCUT2D eigenvalue weighted by atomic mass is 10.2. The van der Waals surface area contributed by atoms with Crippen molar-refractivity contribution in [2.45, 2.75) is 0 Å². The van der Waals surface area contributed by atoms with Gasteiger partial charge in [0, 0.05) is 10.0 Å². The van der Waals surface area contributed by atoms with Crippen molar-refractivity contribution in [3.8, 4) is 11.3 Å². The van der Waals surface area contributed by atoms with Gasteiger partial charge >= 0.3 is 0 Å². The van der Waals surface area contributed by atoms with Crippen molar-refractivity contribution in [2.24, 2.45) is 0 Å². The molecule has 0 atom stereocenters. The summed E-state index contributed by atoms with van der Waals surface area (Å²) in [5.74, 6) is 0. The van der Waals surface area contributed by atoms with Crippen molar-refractivity contribution >= 4 is 27.5 Å². The number of rotatable bonds is 1. The monoisotopic (exact) mass is 257 g/mol. The lowest BCUT2D eigenvalue weighted by Crippen LogP contribution is -1.77. The normalized spacial score (nSPS) is 10.3. The van der Waals surface area contributed by atoms with E-state index in [0.29, 0.717) is 0 Å². The molecule has 2 aromatic rings. The summed E-state index contributed by atoms with van der Waals surface area (Å²) in [5.41, 5.74) is 1.70. The second kappa shape index (κ2) is 3.52. The minimum Gasteiger partial charge on any atom is -0.436 e. The first kappa shape index (κ1) is 8.78. The van der Waals surface area contributed by atoms with E-state index in [-0.39, 0.29) is 5.35 Å². The first-order valence-electron chi connectivity index (χ1n) is 3.63. The predicted octanol–water partition coefficient (Wildman–Crippen LogP) is 3.76. The van der Waals surface area contributed by atoms with Crippen LogP contribution in [0.3, 0.4) is 0 Å². The summed E-state index contributed by atoms with van der Waals surface area (Å²) < 4.78 is 5.88. The molecule has 0 saturated carbocycles. The highest BCUT2D eigenvalue weighted by Gasteiger charge is 2.06. The molecule has 66 valence electrons. The number of benzene rings is 1. The van der Waals surface area contributed by atoms with Gasteiger partial charge < -0.3 is 4.42 Å². The lowest BCUT2D eigenvalue weighted by Gasteiger charge is -1.97. The second-order valence-electron chi connectivity index (χ2n) is 2.47. The topological polar surface area (TPSA) is 26.0 Å². The third kappa shape index (κ3) is 1.76. The summed E-state index contributed by atoms with van der Waals surface area (Å²) in [4.78, 5) is 4.01. The van der Waals surface area contributed by atoms with Crippen LogP contribution in [0.4, 0.5) is 0 Å². The molecule has 4 heteroatoms. The zero-order chi connectivity index (χ0) is 9.26. The minimum atomic E-state index is 0.158. The summed E-state index contributed by atoms with van der Waals surface area (Å²) in [7, 11) is 0. The molecule has 2 nitrogen and oxygen atoms in total. The first-order valence-corrected chi connectivity index (χ1v) is 4.80. The quantitative estimate of drug-likeness (QED) is 0.778. The van der Waals surface area contributed by atoms with Gasteiger partial charge in [0.25, 0.3) is 5.35 Å². The van der Waals surface area contributed by atoms with E-state index in [2.05, 4.69) is 20.9 Å². The highest BCUT2D eigenvalue weighted by Crippen LogP contribution is 2.27. The molecule has 0 fully saturated rings. The standard InChI is InChI=1S/C9H5BrClNO/c10-7-4-2-1-3-6(7)8-5-13-9(11)12-8/h1-5H. The molecule has 0 aliphatic carbocycles. The van der Waals surface area contributed by atoms with E-state index >= 15 is 0 Å². The smallest absolute Gasteiger partial charge is 0.292 e. The zero-order valence-electron chi connectivity index (χ0n) is 6.50. The van der Waals surface area contributed by atoms with E-state index in [0.717, 1.165) is 15.7 Å². The van der Waals surface area contributed by atoms with Gasteiger partial charge in [-0.1, -0.05) is 34.1 Å². The van der Waals surface area contributed by atoms with E-state index < -0.39 is 0 Å². The van der Waals surface area contributed by atoms with Crippen molar-refractivity contribution in [2.75, 3.05) is 0 Å². The van der Waals surface area contributed by atoms with E-state index in [4.69, 9.17) is 16.0 Å². The Balaban J connectivity index is 2.52. The molecule has 0 saturated heterocycles. The highest BCUT2D eigenvalue weighted by atomic mass is 79.9. The molecule has 13 heavy (non-hydrogen) atoms. The van der Waals surface area contributed by atoms with Gasteiger partial charge in [0.05, 0.1) is 0 Å². The third-order valence-electron chi connectivity index (χ3n) is 1.63.